The Bertz CT molecular complexity index is 557. The fourth-order valence-electron chi connectivity index (χ4n) is 1.90. The summed E-state index contributed by atoms with van der Waals surface area (Å²) in [5.74, 6) is -1.74. The number of halogens is 3. The lowest BCUT2D eigenvalue weighted by Crippen LogP contribution is -2.41. The first-order chi connectivity index (χ1) is 9.27. The minimum Gasteiger partial charge on any atom is -0.488 e. The molecule has 2 rings (SSSR count). The summed E-state index contributed by atoms with van der Waals surface area (Å²) in [4.78, 5) is 21.5. The van der Waals surface area contributed by atoms with E-state index in [0.29, 0.717) is 11.3 Å². The topological polar surface area (TPSA) is 81.4 Å². The maximum Gasteiger partial charge on any atom is 0.416 e. The summed E-state index contributed by atoms with van der Waals surface area (Å²) in [7, 11) is 0. The number of ether oxygens (including phenoxy) is 1. The normalized spacial score (nSPS) is 17.2. The minimum absolute atomic E-state index is 0.00218. The largest absolute Gasteiger partial charge is 0.488 e. The summed E-state index contributed by atoms with van der Waals surface area (Å²) in [5.41, 5.74) is 4.42. The zero-order valence-corrected chi connectivity index (χ0v) is 10.2. The Morgan fingerprint density at radius 2 is 2.10 bits per heavy atom. The molecule has 8 heteroatoms. The van der Waals surface area contributed by atoms with Crippen molar-refractivity contribution in [3.8, 4) is 5.75 Å². The summed E-state index contributed by atoms with van der Waals surface area (Å²) in [5, 5.41) is 2.24. The van der Waals surface area contributed by atoms with Gasteiger partial charge < -0.3 is 15.8 Å². The highest BCUT2D eigenvalue weighted by molar-refractivity contribution is 6.34. The third-order valence-electron chi connectivity index (χ3n) is 2.84. The molecule has 0 radical (unpaired) electrons. The molecule has 0 spiro atoms. The van der Waals surface area contributed by atoms with Gasteiger partial charge in [-0.15, -0.1) is 0 Å². The van der Waals surface area contributed by atoms with Crippen molar-refractivity contribution >= 4 is 11.8 Å². The Morgan fingerprint density at radius 3 is 2.70 bits per heavy atom. The number of primary amides is 1. The molecule has 108 valence electrons. The molecule has 0 fully saturated rings. The molecule has 0 aliphatic carbocycles. The Labute approximate surface area is 111 Å². The van der Waals surface area contributed by atoms with E-state index in [1.54, 1.807) is 0 Å². The molecule has 1 aliphatic rings. The molecule has 1 unspecified atom stereocenters. The van der Waals surface area contributed by atoms with E-state index in [0.717, 1.165) is 12.1 Å². The third-order valence-corrected chi connectivity index (χ3v) is 2.84. The van der Waals surface area contributed by atoms with Crippen LogP contribution in [-0.4, -0.2) is 24.5 Å². The summed E-state index contributed by atoms with van der Waals surface area (Å²) in [6.45, 7) is -0.00218. The smallest absolute Gasteiger partial charge is 0.416 e. The number of hydrogen-bond acceptors (Lipinski definition) is 3. The van der Waals surface area contributed by atoms with Gasteiger partial charge in [-0.05, 0) is 23.8 Å². The SMILES string of the molecule is NC(=O)C(=O)NCC1Cc2cc(C(F)(F)F)ccc2O1. The van der Waals surface area contributed by atoms with Crippen LogP contribution < -0.4 is 15.8 Å². The number of amides is 2. The Morgan fingerprint density at radius 1 is 1.40 bits per heavy atom. The molecular weight excluding hydrogens is 277 g/mol. The van der Waals surface area contributed by atoms with Crippen molar-refractivity contribution in [3.63, 3.8) is 0 Å². The minimum atomic E-state index is -4.41. The maximum atomic E-state index is 12.5. The summed E-state index contributed by atoms with van der Waals surface area (Å²) in [6, 6.07) is 3.20. The number of fused-ring (bicyclic) bond motifs is 1. The summed E-state index contributed by atoms with van der Waals surface area (Å²) in [6.07, 6.45) is -4.71. The van der Waals surface area contributed by atoms with Gasteiger partial charge in [-0.25, -0.2) is 0 Å². The number of alkyl halides is 3. The molecule has 1 aromatic carbocycles. The van der Waals surface area contributed by atoms with Gasteiger partial charge in [-0.3, -0.25) is 9.59 Å². The predicted octanol–water partition coefficient (Wildman–Crippen LogP) is 0.610. The second-order valence-corrected chi connectivity index (χ2v) is 4.34. The lowest BCUT2D eigenvalue weighted by molar-refractivity contribution is -0.137. The van der Waals surface area contributed by atoms with Crippen molar-refractivity contribution in [3.05, 3.63) is 29.3 Å². The molecule has 0 saturated heterocycles. The van der Waals surface area contributed by atoms with Crippen LogP contribution in [-0.2, 0) is 22.2 Å². The van der Waals surface area contributed by atoms with Gasteiger partial charge in [0.1, 0.15) is 11.9 Å². The number of rotatable bonds is 2. The van der Waals surface area contributed by atoms with Gasteiger partial charge in [-0.2, -0.15) is 13.2 Å². The van der Waals surface area contributed by atoms with E-state index in [2.05, 4.69) is 5.32 Å². The molecule has 1 aliphatic heterocycles. The second kappa shape index (κ2) is 5.03. The van der Waals surface area contributed by atoms with Crippen LogP contribution in [0.25, 0.3) is 0 Å². The van der Waals surface area contributed by atoms with Crippen molar-refractivity contribution < 1.29 is 27.5 Å². The standard InChI is InChI=1S/C12H11F3N2O3/c13-12(14,15)7-1-2-9-6(3-7)4-8(20-9)5-17-11(19)10(16)18/h1-3,8H,4-5H2,(H2,16,18)(H,17,19). The van der Waals surface area contributed by atoms with Gasteiger partial charge in [0.25, 0.3) is 0 Å². The number of hydrogen-bond donors (Lipinski definition) is 2. The first-order valence-electron chi connectivity index (χ1n) is 5.72. The van der Waals surface area contributed by atoms with Gasteiger partial charge in [0.2, 0.25) is 0 Å². The van der Waals surface area contributed by atoms with E-state index < -0.39 is 29.7 Å². The second-order valence-electron chi connectivity index (χ2n) is 4.34. The van der Waals surface area contributed by atoms with Crippen molar-refractivity contribution in [1.82, 2.24) is 5.32 Å². The number of nitrogens with two attached hydrogens (primary N) is 1. The zero-order valence-electron chi connectivity index (χ0n) is 10.2. The molecule has 2 amide bonds. The number of carbonyl (C=O) groups is 2. The van der Waals surface area contributed by atoms with E-state index in [1.165, 1.54) is 6.07 Å². The van der Waals surface area contributed by atoms with Crippen molar-refractivity contribution in [2.24, 2.45) is 5.73 Å². The first-order valence-corrected chi connectivity index (χ1v) is 5.72. The lowest BCUT2D eigenvalue weighted by atomic mass is 10.1. The molecule has 1 heterocycles. The van der Waals surface area contributed by atoms with Crippen molar-refractivity contribution in [2.75, 3.05) is 6.54 Å². The summed E-state index contributed by atoms with van der Waals surface area (Å²) >= 11 is 0. The average Bonchev–Trinajstić information content (AvgIpc) is 2.76. The number of nitrogens with one attached hydrogen (secondary N) is 1. The van der Waals surface area contributed by atoms with E-state index >= 15 is 0 Å². The van der Waals surface area contributed by atoms with Gasteiger partial charge >= 0.3 is 18.0 Å². The van der Waals surface area contributed by atoms with Crippen LogP contribution in [0.1, 0.15) is 11.1 Å². The number of benzene rings is 1. The van der Waals surface area contributed by atoms with E-state index in [-0.39, 0.29) is 13.0 Å². The van der Waals surface area contributed by atoms with E-state index in [9.17, 15) is 22.8 Å². The molecule has 1 atom stereocenters. The molecule has 3 N–H and O–H groups in total. The molecule has 1 aromatic rings. The highest BCUT2D eigenvalue weighted by Crippen LogP contribution is 2.35. The molecule has 0 aromatic heterocycles. The number of carbonyl (C=O) groups excluding carboxylic acids is 2. The van der Waals surface area contributed by atoms with Crippen LogP contribution in [0.5, 0.6) is 5.75 Å². The lowest BCUT2D eigenvalue weighted by Gasteiger charge is -2.10. The maximum absolute atomic E-state index is 12.5. The van der Waals surface area contributed by atoms with Crippen molar-refractivity contribution in [2.45, 2.75) is 18.7 Å². The van der Waals surface area contributed by atoms with E-state index in [4.69, 9.17) is 10.5 Å². The van der Waals surface area contributed by atoms with Gasteiger partial charge in [0.15, 0.2) is 0 Å². The fourth-order valence-corrected chi connectivity index (χ4v) is 1.90. The molecule has 0 saturated carbocycles. The van der Waals surface area contributed by atoms with Gasteiger partial charge in [0, 0.05) is 6.42 Å². The van der Waals surface area contributed by atoms with Crippen LogP contribution in [0.2, 0.25) is 0 Å². The first kappa shape index (κ1) is 14.2. The van der Waals surface area contributed by atoms with Crippen LogP contribution in [0.4, 0.5) is 13.2 Å². The highest BCUT2D eigenvalue weighted by atomic mass is 19.4. The predicted molar refractivity (Wildman–Crippen MR) is 61.8 cm³/mol. The van der Waals surface area contributed by atoms with Crippen molar-refractivity contribution in [1.29, 1.82) is 0 Å². The van der Waals surface area contributed by atoms with Crippen LogP contribution >= 0.6 is 0 Å². The fraction of sp³-hybridized carbons (Fsp3) is 0.333. The van der Waals surface area contributed by atoms with Crippen LogP contribution in [0, 0.1) is 0 Å². The van der Waals surface area contributed by atoms with Crippen LogP contribution in [0.3, 0.4) is 0 Å². The molecule has 5 nitrogen and oxygen atoms in total. The Balaban J connectivity index is 2.01. The highest BCUT2D eigenvalue weighted by Gasteiger charge is 2.33. The third kappa shape index (κ3) is 3.01. The monoisotopic (exact) mass is 288 g/mol. The molecule has 0 bridgehead atoms. The van der Waals surface area contributed by atoms with E-state index in [1.807, 2.05) is 0 Å². The quantitative estimate of drug-likeness (QED) is 0.782. The van der Waals surface area contributed by atoms with Gasteiger partial charge in [0.05, 0.1) is 12.1 Å². The van der Waals surface area contributed by atoms with Crippen LogP contribution in [0.15, 0.2) is 18.2 Å². The van der Waals surface area contributed by atoms with Gasteiger partial charge in [-0.1, -0.05) is 0 Å². The Kier molecular flexibility index (Phi) is 3.56. The Hall–Kier alpha value is -2.25. The summed E-state index contributed by atoms with van der Waals surface area (Å²) < 4.78 is 43.0. The zero-order chi connectivity index (χ0) is 14.9. The average molecular weight is 288 g/mol. The molecular formula is C12H11F3N2O3. The molecule has 20 heavy (non-hydrogen) atoms.